The summed E-state index contributed by atoms with van der Waals surface area (Å²) in [5.41, 5.74) is 0.584. The van der Waals surface area contributed by atoms with Crippen molar-refractivity contribution < 1.29 is 24.2 Å². The van der Waals surface area contributed by atoms with E-state index in [1.807, 2.05) is 0 Å². The minimum absolute atomic E-state index is 0.0581. The van der Waals surface area contributed by atoms with Crippen LogP contribution in [0.3, 0.4) is 0 Å². The quantitative estimate of drug-likeness (QED) is 0.181. The van der Waals surface area contributed by atoms with E-state index in [1.165, 1.54) is 37.7 Å². The van der Waals surface area contributed by atoms with E-state index in [0.29, 0.717) is 48.1 Å². The second kappa shape index (κ2) is 13.9. The molecule has 2 N–H and O–H groups in total. The Morgan fingerprint density at radius 3 is 2.25 bits per heavy atom. The number of piperidine rings is 1. The molecule has 6 fully saturated rings. The fraction of sp³-hybridized carbons (Fsp3) is 0.891. The molecule has 0 aromatic rings. The van der Waals surface area contributed by atoms with Gasteiger partial charge in [0.25, 0.3) is 0 Å². The van der Waals surface area contributed by atoms with Crippen molar-refractivity contribution in [2.45, 2.75) is 190 Å². The largest absolute Gasteiger partial charge is 0.481 e. The monoisotopic (exact) mass is 737 g/mol. The molecule has 7 heteroatoms. The summed E-state index contributed by atoms with van der Waals surface area (Å²) in [6.45, 7) is 27.2. The van der Waals surface area contributed by atoms with Gasteiger partial charge in [-0.05, 0) is 169 Å². The lowest BCUT2D eigenvalue weighted by Crippen LogP contribution is -2.67. The third-order valence-electron chi connectivity index (χ3n) is 18.4. The summed E-state index contributed by atoms with van der Waals surface area (Å²) in [5, 5.41) is 13.2. The Labute approximate surface area is 322 Å². The van der Waals surface area contributed by atoms with Crippen LogP contribution in [0.2, 0.25) is 0 Å². The topological polar surface area (TPSA) is 95.9 Å². The van der Waals surface area contributed by atoms with Crippen LogP contribution in [0.25, 0.3) is 0 Å². The third kappa shape index (κ3) is 6.55. The van der Waals surface area contributed by atoms with E-state index in [-0.39, 0.29) is 57.5 Å². The van der Waals surface area contributed by atoms with Crippen molar-refractivity contribution in [2.75, 3.05) is 7.05 Å². The maximum absolute atomic E-state index is 14.2. The Balaban J connectivity index is 1.22. The van der Waals surface area contributed by atoms with Crippen LogP contribution in [0.5, 0.6) is 0 Å². The number of fused-ring (bicyclic) bond motifs is 7. The molecule has 300 valence electrons. The molecule has 53 heavy (non-hydrogen) atoms. The number of aliphatic carboxylic acids is 1. The fourth-order valence-electron chi connectivity index (χ4n) is 15.1. The van der Waals surface area contributed by atoms with Crippen molar-refractivity contribution >= 4 is 17.8 Å². The van der Waals surface area contributed by atoms with Crippen LogP contribution >= 0.6 is 0 Å². The molecule has 0 radical (unpaired) electrons. The summed E-state index contributed by atoms with van der Waals surface area (Å²) in [5.74, 6) is 1.54. The molecule has 1 heterocycles. The molecule has 1 aliphatic heterocycles. The number of carbonyl (C=O) groups is 3. The number of nitrogens with zero attached hydrogens (tertiary/aromatic N) is 1. The zero-order chi connectivity index (χ0) is 39.1. The van der Waals surface area contributed by atoms with Crippen molar-refractivity contribution in [3.05, 3.63) is 12.2 Å². The lowest BCUT2D eigenvalue weighted by atomic mass is 9.32. The highest BCUT2D eigenvalue weighted by atomic mass is 16.5. The van der Waals surface area contributed by atoms with Gasteiger partial charge in [0, 0.05) is 30.0 Å². The Kier molecular flexibility index (Phi) is 10.7. The number of hydrogen-bond acceptors (Lipinski definition) is 5. The van der Waals surface area contributed by atoms with Gasteiger partial charge in [-0.2, -0.15) is 0 Å². The van der Waals surface area contributed by atoms with Crippen molar-refractivity contribution in [2.24, 2.45) is 62.1 Å². The minimum Gasteiger partial charge on any atom is -0.481 e. The van der Waals surface area contributed by atoms with Crippen LogP contribution in [-0.4, -0.2) is 59.1 Å². The van der Waals surface area contributed by atoms with Gasteiger partial charge in [-0.15, -0.1) is 0 Å². The van der Waals surface area contributed by atoms with Gasteiger partial charge in [0.05, 0.1) is 11.8 Å². The smallest absolute Gasteiger partial charge is 0.309 e. The summed E-state index contributed by atoms with van der Waals surface area (Å²) in [6.07, 6.45) is 14.9. The first-order chi connectivity index (χ1) is 24.6. The number of carboxylic acid groups (broad SMARTS) is 1. The number of rotatable bonds is 9. The molecule has 7 nitrogen and oxygen atoms in total. The first kappa shape index (κ1) is 40.8. The summed E-state index contributed by atoms with van der Waals surface area (Å²) in [4.78, 5) is 41.5. The van der Waals surface area contributed by atoms with Gasteiger partial charge in [-0.3, -0.25) is 14.4 Å². The number of esters is 1. The highest BCUT2D eigenvalue weighted by Gasteiger charge is 2.71. The van der Waals surface area contributed by atoms with Gasteiger partial charge in [-0.25, -0.2) is 0 Å². The van der Waals surface area contributed by atoms with Crippen LogP contribution < -0.4 is 5.32 Å². The fourth-order valence-corrected chi connectivity index (χ4v) is 15.1. The average Bonchev–Trinajstić information content (AvgIpc) is 3.43. The summed E-state index contributed by atoms with van der Waals surface area (Å²) in [6, 6.07) is 1.29. The third-order valence-corrected chi connectivity index (χ3v) is 18.4. The maximum Gasteiger partial charge on any atom is 0.309 e. The Morgan fingerprint density at radius 2 is 1.60 bits per heavy atom. The molecule has 0 spiro atoms. The van der Waals surface area contributed by atoms with Crippen LogP contribution in [-0.2, 0) is 19.1 Å². The Morgan fingerprint density at radius 1 is 0.906 bits per heavy atom. The molecule has 3 unspecified atom stereocenters. The van der Waals surface area contributed by atoms with Gasteiger partial charge in [0.1, 0.15) is 6.10 Å². The molecule has 6 aliphatic rings. The van der Waals surface area contributed by atoms with E-state index in [2.05, 4.69) is 79.2 Å². The zero-order valence-corrected chi connectivity index (χ0v) is 35.5. The number of carboxylic acids is 1. The van der Waals surface area contributed by atoms with Crippen molar-refractivity contribution in [1.82, 2.24) is 10.2 Å². The standard InChI is InChI=1S/C46H76N2O5/c1-13-31-25-30(24-29(4)48(31)12)47-37(49)26-46-21-16-32(28(2)3)39(46)33-14-15-35-43(9)19-18-36(53-38(50)27-41(5,6)40(51)52)42(7,8)34(43)17-20-45(35,11)44(33,10)22-23-46/h29-36,39H,2,13-27H2,1,3-12H3,(H,47,49)(H,51,52)/t29?,30?,31?,32-,33+,34-,35+,36-,39+,43-,44+,45+,46+/m0/s1. The highest BCUT2D eigenvalue weighted by Crippen LogP contribution is 2.78. The number of amides is 1. The molecule has 1 amide bonds. The number of nitrogens with one attached hydrogen (secondary N) is 1. The van der Waals surface area contributed by atoms with Crippen molar-refractivity contribution in [1.29, 1.82) is 0 Å². The SMILES string of the molecule is C=C(C)[C@@H]1CC[C@]2(CC(=O)NC3CC(C)N(C)C(CC)C3)CC[C@]3(C)[C@H](CC[C@@H]4[C@@]5(C)CC[C@H](OC(=O)CC(C)(C)C(=O)O)C(C)(C)[C@@H]5CC[C@]43C)[C@@H]12. The van der Waals surface area contributed by atoms with E-state index in [0.717, 1.165) is 51.4 Å². The number of likely N-dealkylation sites (tertiary alicyclic amines) is 1. The molecular weight excluding hydrogens is 661 g/mol. The lowest BCUT2D eigenvalue weighted by Gasteiger charge is -2.73. The normalized spacial score (nSPS) is 45.2. The first-order valence-electron chi connectivity index (χ1n) is 21.7. The number of allylic oxidation sites excluding steroid dienone is 1. The molecule has 0 aromatic heterocycles. The molecule has 0 bridgehead atoms. The summed E-state index contributed by atoms with van der Waals surface area (Å²) < 4.78 is 6.20. The van der Waals surface area contributed by atoms with Crippen LogP contribution in [0, 0.1) is 62.1 Å². The molecule has 6 rings (SSSR count). The van der Waals surface area contributed by atoms with E-state index in [1.54, 1.807) is 13.8 Å². The Hall–Kier alpha value is -1.89. The van der Waals surface area contributed by atoms with Gasteiger partial charge in [0.15, 0.2) is 0 Å². The average molecular weight is 737 g/mol. The molecule has 5 aliphatic carbocycles. The maximum atomic E-state index is 14.2. The highest BCUT2D eigenvalue weighted by molar-refractivity contribution is 5.81. The van der Waals surface area contributed by atoms with Crippen LogP contribution in [0.15, 0.2) is 12.2 Å². The number of carbonyl (C=O) groups excluding carboxylic acids is 2. The van der Waals surface area contributed by atoms with E-state index in [9.17, 15) is 19.5 Å². The predicted molar refractivity (Wildman–Crippen MR) is 212 cm³/mol. The van der Waals surface area contributed by atoms with Crippen molar-refractivity contribution in [3.8, 4) is 0 Å². The van der Waals surface area contributed by atoms with E-state index >= 15 is 0 Å². The first-order valence-corrected chi connectivity index (χ1v) is 21.7. The molecule has 5 saturated carbocycles. The van der Waals surface area contributed by atoms with E-state index in [4.69, 9.17) is 4.74 Å². The number of ether oxygens (including phenoxy) is 1. The summed E-state index contributed by atoms with van der Waals surface area (Å²) >= 11 is 0. The van der Waals surface area contributed by atoms with Gasteiger partial charge in [0.2, 0.25) is 5.91 Å². The van der Waals surface area contributed by atoms with Gasteiger partial charge < -0.3 is 20.1 Å². The lowest BCUT2D eigenvalue weighted by molar-refractivity contribution is -0.250. The molecule has 13 atom stereocenters. The van der Waals surface area contributed by atoms with Crippen LogP contribution in [0.4, 0.5) is 0 Å². The second-order valence-corrected chi connectivity index (χ2v) is 21.7. The molecule has 0 aromatic carbocycles. The van der Waals surface area contributed by atoms with Gasteiger partial charge >= 0.3 is 11.9 Å². The van der Waals surface area contributed by atoms with Gasteiger partial charge in [-0.1, -0.05) is 53.7 Å². The zero-order valence-electron chi connectivity index (χ0n) is 35.5. The summed E-state index contributed by atoms with van der Waals surface area (Å²) in [7, 11) is 2.24. The van der Waals surface area contributed by atoms with Crippen molar-refractivity contribution in [3.63, 3.8) is 0 Å². The van der Waals surface area contributed by atoms with Crippen LogP contribution in [0.1, 0.15) is 166 Å². The minimum atomic E-state index is -1.14. The predicted octanol–water partition coefficient (Wildman–Crippen LogP) is 9.82. The number of hydrogen-bond donors (Lipinski definition) is 2. The van der Waals surface area contributed by atoms with E-state index < -0.39 is 11.4 Å². The molecular formula is C46H76N2O5. The molecule has 1 saturated heterocycles. The second-order valence-electron chi connectivity index (χ2n) is 21.7. The Bertz CT molecular complexity index is 1450.